The Bertz CT molecular complexity index is 1540. The van der Waals surface area contributed by atoms with Crippen molar-refractivity contribution in [1.82, 2.24) is 9.21 Å². The summed E-state index contributed by atoms with van der Waals surface area (Å²) in [6.45, 7) is 4.59. The van der Waals surface area contributed by atoms with Gasteiger partial charge in [-0.15, -0.1) is 0 Å². The van der Waals surface area contributed by atoms with Crippen molar-refractivity contribution in [3.05, 3.63) is 59.2 Å². The second-order valence-corrected chi connectivity index (χ2v) is 14.8. The molecular weight excluding hydrogens is 556 g/mol. The Hall–Kier alpha value is -2.95. The van der Waals surface area contributed by atoms with E-state index in [0.29, 0.717) is 48.7 Å². The Balaban J connectivity index is 1.37. The van der Waals surface area contributed by atoms with E-state index >= 15 is 0 Å². The third-order valence-electron chi connectivity index (χ3n) is 10.4. The number of sulfonamides is 1. The maximum atomic E-state index is 13.9. The number of piperidine rings is 1. The van der Waals surface area contributed by atoms with Gasteiger partial charge in [0.15, 0.2) is 11.5 Å². The molecule has 2 heterocycles. The van der Waals surface area contributed by atoms with Crippen LogP contribution < -0.4 is 9.47 Å². The molecule has 2 aromatic rings. The molecule has 2 aromatic carbocycles. The minimum Gasteiger partial charge on any atom is -0.483 e. The van der Waals surface area contributed by atoms with Gasteiger partial charge in [-0.05, 0) is 68.2 Å². The van der Waals surface area contributed by atoms with Crippen LogP contribution in [0.3, 0.4) is 0 Å². The van der Waals surface area contributed by atoms with Crippen molar-refractivity contribution >= 4 is 22.0 Å². The van der Waals surface area contributed by atoms with E-state index in [1.165, 1.54) is 31.0 Å². The van der Waals surface area contributed by atoms with Gasteiger partial charge in [-0.3, -0.25) is 14.5 Å². The van der Waals surface area contributed by atoms with E-state index in [2.05, 4.69) is 4.90 Å². The molecule has 10 heteroatoms. The van der Waals surface area contributed by atoms with Crippen LogP contribution in [0.15, 0.2) is 42.5 Å². The van der Waals surface area contributed by atoms with Gasteiger partial charge < -0.3 is 14.2 Å². The third-order valence-corrected chi connectivity index (χ3v) is 12.2. The normalized spacial score (nSPS) is 31.3. The molecule has 42 heavy (non-hydrogen) atoms. The zero-order valence-electron chi connectivity index (χ0n) is 24.4. The number of likely N-dealkylation sites (N-methyl/N-ethyl adjacent to an activating group) is 1. The number of ether oxygens (including phenoxy) is 3. The zero-order valence-corrected chi connectivity index (χ0v) is 25.2. The summed E-state index contributed by atoms with van der Waals surface area (Å²) in [5, 5.41) is 0. The Morgan fingerprint density at radius 2 is 1.81 bits per heavy atom. The molecule has 1 saturated heterocycles. The van der Waals surface area contributed by atoms with Gasteiger partial charge in [0.1, 0.15) is 11.7 Å². The molecule has 2 bridgehead atoms. The Kier molecular flexibility index (Phi) is 6.49. The fourth-order valence-corrected chi connectivity index (χ4v) is 10.0. The molecule has 2 aliphatic heterocycles. The number of hydrogen-bond acceptors (Lipinski definition) is 8. The molecule has 9 nitrogen and oxygen atoms in total. The summed E-state index contributed by atoms with van der Waals surface area (Å²) < 4.78 is 48.2. The summed E-state index contributed by atoms with van der Waals surface area (Å²) in [5.41, 5.74) is 1.07. The van der Waals surface area contributed by atoms with E-state index in [9.17, 15) is 18.0 Å². The summed E-state index contributed by atoms with van der Waals surface area (Å²) >= 11 is 0. The van der Waals surface area contributed by atoms with Crippen molar-refractivity contribution in [2.75, 3.05) is 20.1 Å². The largest absolute Gasteiger partial charge is 0.483 e. The average molecular weight is 595 g/mol. The van der Waals surface area contributed by atoms with Crippen molar-refractivity contribution < 1.29 is 32.2 Å². The van der Waals surface area contributed by atoms with Crippen molar-refractivity contribution in [3.8, 4) is 11.5 Å². The number of nitrogens with zero attached hydrogens (tertiary/aromatic N) is 2. The van der Waals surface area contributed by atoms with Gasteiger partial charge in [0.2, 0.25) is 10.0 Å². The molecule has 0 aromatic heterocycles. The van der Waals surface area contributed by atoms with Crippen LogP contribution in [0.4, 0.5) is 0 Å². The van der Waals surface area contributed by atoms with Crippen LogP contribution in [-0.4, -0.2) is 73.5 Å². The zero-order chi connectivity index (χ0) is 29.4. The standard InChI is InChI=1S/C32H38N2O7S/c1-20(35)39-26-12-11-24-17-27-32(41-21(2)36)14-13-25(33(3)42(37,38)19-23-7-5-4-6-8-23)30-31(32,28(24)29(26)40-30)15-16-34(27)18-22-9-10-22/h4-8,11-12,22,25,27,30H,9-10,13-19H2,1-3H3/t25-,27+,30-,31-,32+/m0/s1. The lowest BCUT2D eigenvalue weighted by molar-refractivity contribution is -0.221. The first-order valence-corrected chi connectivity index (χ1v) is 16.6. The third kappa shape index (κ3) is 4.12. The number of benzene rings is 2. The first-order chi connectivity index (χ1) is 20.1. The maximum Gasteiger partial charge on any atom is 0.308 e. The van der Waals surface area contributed by atoms with Crippen molar-refractivity contribution in [3.63, 3.8) is 0 Å². The molecule has 7 rings (SSSR count). The highest BCUT2D eigenvalue weighted by molar-refractivity contribution is 7.88. The summed E-state index contributed by atoms with van der Waals surface area (Å²) in [5.74, 6) is 0.555. The van der Waals surface area contributed by atoms with Crippen LogP contribution >= 0.6 is 0 Å². The van der Waals surface area contributed by atoms with E-state index in [4.69, 9.17) is 14.2 Å². The fourth-order valence-electron chi connectivity index (χ4n) is 8.58. The van der Waals surface area contributed by atoms with Gasteiger partial charge in [0.25, 0.3) is 0 Å². The van der Waals surface area contributed by atoms with Crippen LogP contribution in [-0.2, 0) is 41.9 Å². The number of carbonyl (C=O) groups excluding carboxylic acids is 2. The predicted octanol–water partition coefficient (Wildman–Crippen LogP) is 3.58. The van der Waals surface area contributed by atoms with Gasteiger partial charge >= 0.3 is 11.9 Å². The molecule has 5 atom stereocenters. The summed E-state index contributed by atoms with van der Waals surface area (Å²) in [6, 6.07) is 12.4. The highest BCUT2D eigenvalue weighted by atomic mass is 32.2. The van der Waals surface area contributed by atoms with Gasteiger partial charge in [-0.2, -0.15) is 4.31 Å². The number of hydrogen-bond donors (Lipinski definition) is 0. The molecule has 3 aliphatic carbocycles. The quantitative estimate of drug-likeness (QED) is 0.338. The minimum atomic E-state index is -3.72. The first kappa shape index (κ1) is 27.9. The summed E-state index contributed by atoms with van der Waals surface area (Å²) in [4.78, 5) is 27.5. The van der Waals surface area contributed by atoms with E-state index in [-0.39, 0.29) is 17.8 Å². The summed E-state index contributed by atoms with van der Waals surface area (Å²) in [7, 11) is -2.08. The van der Waals surface area contributed by atoms with Gasteiger partial charge in [0.05, 0.1) is 23.3 Å². The molecule has 0 N–H and O–H groups in total. The molecule has 5 aliphatic rings. The molecule has 0 radical (unpaired) electrons. The molecular formula is C32H38N2O7S. The lowest BCUT2D eigenvalue weighted by Crippen LogP contribution is -2.79. The lowest BCUT2D eigenvalue weighted by atomic mass is 9.48. The van der Waals surface area contributed by atoms with E-state index < -0.39 is 39.2 Å². The Morgan fingerprint density at radius 3 is 2.50 bits per heavy atom. The van der Waals surface area contributed by atoms with Crippen LogP contribution in [0, 0.1) is 5.92 Å². The van der Waals surface area contributed by atoms with Crippen LogP contribution in [0.5, 0.6) is 11.5 Å². The number of rotatable bonds is 8. The number of likely N-dealkylation sites (tertiary alicyclic amines) is 1. The van der Waals surface area contributed by atoms with Gasteiger partial charge in [-0.1, -0.05) is 36.4 Å². The SMILES string of the molecule is CC(=O)Oc1ccc2c3c1O[C@H]1[C@@H](N(C)S(=O)(=O)Cc4ccccc4)CC[C@@]4(OC(C)=O)[C@@H](C2)N(CC2CC2)CC[C@]314. The first-order valence-electron chi connectivity index (χ1n) is 15.0. The van der Waals surface area contributed by atoms with Crippen molar-refractivity contribution in [1.29, 1.82) is 0 Å². The predicted molar refractivity (Wildman–Crippen MR) is 155 cm³/mol. The molecule has 2 saturated carbocycles. The van der Waals surface area contributed by atoms with Gasteiger partial charge in [0, 0.05) is 33.0 Å². The van der Waals surface area contributed by atoms with Crippen LogP contribution in [0.25, 0.3) is 0 Å². The van der Waals surface area contributed by atoms with Crippen molar-refractivity contribution in [2.45, 2.75) is 87.3 Å². The van der Waals surface area contributed by atoms with E-state index in [1.807, 2.05) is 36.4 Å². The Labute approximate surface area is 247 Å². The summed E-state index contributed by atoms with van der Waals surface area (Å²) in [6.07, 6.45) is 4.17. The second-order valence-electron chi connectivity index (χ2n) is 12.8. The van der Waals surface area contributed by atoms with E-state index in [0.717, 1.165) is 24.2 Å². The van der Waals surface area contributed by atoms with E-state index in [1.54, 1.807) is 13.1 Å². The topological polar surface area (TPSA) is 102 Å². The van der Waals surface area contributed by atoms with Crippen molar-refractivity contribution in [2.24, 2.45) is 5.92 Å². The Morgan fingerprint density at radius 1 is 1.05 bits per heavy atom. The monoisotopic (exact) mass is 594 g/mol. The molecule has 1 spiro atoms. The average Bonchev–Trinajstić information content (AvgIpc) is 3.68. The van der Waals surface area contributed by atoms with Crippen LogP contribution in [0.1, 0.15) is 62.6 Å². The smallest absolute Gasteiger partial charge is 0.308 e. The maximum absolute atomic E-state index is 13.9. The van der Waals surface area contributed by atoms with Crippen LogP contribution in [0.2, 0.25) is 0 Å². The molecule has 3 fully saturated rings. The lowest BCUT2D eigenvalue weighted by Gasteiger charge is -2.65. The fraction of sp³-hybridized carbons (Fsp3) is 0.562. The highest BCUT2D eigenvalue weighted by Gasteiger charge is 2.76. The van der Waals surface area contributed by atoms with Gasteiger partial charge in [-0.25, -0.2) is 8.42 Å². The highest BCUT2D eigenvalue weighted by Crippen LogP contribution is 2.67. The molecule has 224 valence electrons. The number of carbonyl (C=O) groups is 2. The second kappa shape index (κ2) is 9.79. The molecule has 0 amide bonds. The molecule has 0 unspecified atom stereocenters. The minimum absolute atomic E-state index is 0.0490. The number of esters is 2.